The van der Waals surface area contributed by atoms with Crippen LogP contribution in [0.15, 0.2) is 90.0 Å². The molecule has 3 aromatic carbocycles. The first-order chi connectivity index (χ1) is 13.7. The van der Waals surface area contributed by atoms with Crippen molar-refractivity contribution >= 4 is 20.9 Å². The second kappa shape index (κ2) is 7.07. The van der Waals surface area contributed by atoms with E-state index in [4.69, 9.17) is 0 Å². The minimum absolute atomic E-state index is 0.607. The third-order valence-corrected chi connectivity index (χ3v) is 11.0. The lowest BCUT2D eigenvalue weighted by Gasteiger charge is -2.32. The summed E-state index contributed by atoms with van der Waals surface area (Å²) in [4.78, 5) is 0. The molecule has 0 saturated heterocycles. The van der Waals surface area contributed by atoms with Crippen molar-refractivity contribution in [2.75, 3.05) is 0 Å². The van der Waals surface area contributed by atoms with Crippen molar-refractivity contribution < 1.29 is 0 Å². The third-order valence-electron chi connectivity index (χ3n) is 6.58. The van der Waals surface area contributed by atoms with Gasteiger partial charge in [-0.3, -0.25) is 0 Å². The van der Waals surface area contributed by atoms with E-state index in [1.807, 2.05) is 0 Å². The van der Waals surface area contributed by atoms with Crippen LogP contribution >= 0.6 is 0 Å². The Hall–Kier alpha value is -2.64. The number of rotatable bonds is 4. The average Bonchev–Trinajstić information content (AvgIpc) is 3.22. The second-order valence-corrected chi connectivity index (χ2v) is 11.4. The largest absolute Gasteiger partial charge is 0.0682 e. The summed E-state index contributed by atoms with van der Waals surface area (Å²) in [6.45, 7) is 4.71. The van der Waals surface area contributed by atoms with E-state index in [1.165, 1.54) is 22.7 Å². The zero-order chi connectivity index (χ0) is 19.1. The Bertz CT molecular complexity index is 1010. The molecule has 0 N–H and O–H groups in total. The molecule has 1 heteroatoms. The van der Waals surface area contributed by atoms with Crippen molar-refractivity contribution in [1.29, 1.82) is 0 Å². The van der Waals surface area contributed by atoms with Crippen LogP contribution < -0.4 is 0 Å². The summed E-state index contributed by atoms with van der Waals surface area (Å²) in [6.07, 6.45) is 4.87. The van der Waals surface area contributed by atoms with Crippen LogP contribution in [0.2, 0.25) is 0 Å². The van der Waals surface area contributed by atoms with Crippen molar-refractivity contribution in [2.45, 2.75) is 31.0 Å². The summed E-state index contributed by atoms with van der Waals surface area (Å²) in [6, 6.07) is 30.5. The minimum atomic E-state index is -1.29. The van der Waals surface area contributed by atoms with Gasteiger partial charge in [0.05, 0.1) is 8.80 Å². The fourth-order valence-corrected chi connectivity index (χ4v) is 10.2. The molecule has 138 valence electrons. The molecule has 5 rings (SSSR count). The lowest BCUT2D eigenvalue weighted by Crippen LogP contribution is -2.34. The first-order valence-corrected chi connectivity index (χ1v) is 12.5. The molecular weight excluding hydrogens is 352 g/mol. The third kappa shape index (κ3) is 2.91. The van der Waals surface area contributed by atoms with Gasteiger partial charge in [-0.15, -0.1) is 0 Å². The Labute approximate surface area is 169 Å². The molecule has 0 bridgehead atoms. The van der Waals surface area contributed by atoms with Crippen LogP contribution in [0, 0.1) is 0 Å². The lowest BCUT2D eigenvalue weighted by atomic mass is 10.1. The summed E-state index contributed by atoms with van der Waals surface area (Å²) in [5.74, 6) is 0. The summed E-state index contributed by atoms with van der Waals surface area (Å²) in [5, 5.41) is 0. The van der Waals surface area contributed by atoms with Crippen molar-refractivity contribution in [3.8, 4) is 0 Å². The van der Waals surface area contributed by atoms with Gasteiger partial charge in [-0.2, -0.15) is 0 Å². The van der Waals surface area contributed by atoms with E-state index in [9.17, 15) is 0 Å². The van der Waals surface area contributed by atoms with Crippen LogP contribution in [0.25, 0.3) is 12.2 Å². The maximum absolute atomic E-state index is 2.44. The van der Waals surface area contributed by atoms with Crippen LogP contribution in [0.5, 0.6) is 0 Å². The smallest absolute Gasteiger partial charge is 0.0671 e. The van der Waals surface area contributed by atoms with E-state index in [0.717, 1.165) is 0 Å². The molecule has 0 radical (unpaired) electrons. The summed E-state index contributed by atoms with van der Waals surface area (Å²) >= 11 is 0. The van der Waals surface area contributed by atoms with Gasteiger partial charge in [0.25, 0.3) is 0 Å². The Balaban J connectivity index is 1.63. The minimum Gasteiger partial charge on any atom is -0.0682 e. The predicted octanol–water partition coefficient (Wildman–Crippen LogP) is 6.48. The van der Waals surface area contributed by atoms with Crippen molar-refractivity contribution in [3.05, 3.63) is 118 Å². The molecule has 0 aliphatic heterocycles. The lowest BCUT2D eigenvalue weighted by molar-refractivity contribution is 0.978. The normalized spacial score (nSPS) is 20.9. The van der Waals surface area contributed by atoms with Crippen molar-refractivity contribution in [3.63, 3.8) is 0 Å². The highest BCUT2D eigenvalue weighted by atomic mass is 28.3. The molecule has 2 atom stereocenters. The Morgan fingerprint density at radius 1 is 0.607 bits per heavy atom. The van der Waals surface area contributed by atoms with Gasteiger partial charge in [-0.05, 0) is 53.2 Å². The van der Waals surface area contributed by atoms with Gasteiger partial charge in [0, 0.05) is 0 Å². The SMILES string of the molecule is CC1=Cc2ccccc2C1[SiH](Cc1ccccc1)C1C(C)=Cc2ccccc21. The molecule has 0 saturated carbocycles. The van der Waals surface area contributed by atoms with Gasteiger partial charge < -0.3 is 0 Å². The number of benzene rings is 3. The van der Waals surface area contributed by atoms with Gasteiger partial charge in [0.1, 0.15) is 0 Å². The molecule has 2 aliphatic carbocycles. The molecule has 0 amide bonds. The van der Waals surface area contributed by atoms with Gasteiger partial charge in [-0.25, -0.2) is 0 Å². The summed E-state index contributed by atoms with van der Waals surface area (Å²) in [5.41, 5.74) is 11.8. The molecule has 0 spiro atoms. The van der Waals surface area contributed by atoms with Crippen LogP contribution in [-0.4, -0.2) is 8.80 Å². The second-order valence-electron chi connectivity index (χ2n) is 8.34. The first-order valence-electron chi connectivity index (χ1n) is 10.3. The summed E-state index contributed by atoms with van der Waals surface area (Å²) in [7, 11) is -1.29. The van der Waals surface area contributed by atoms with Crippen LogP contribution in [0.3, 0.4) is 0 Å². The topological polar surface area (TPSA) is 0 Å². The number of fused-ring (bicyclic) bond motifs is 2. The van der Waals surface area contributed by atoms with E-state index < -0.39 is 8.80 Å². The molecule has 0 heterocycles. The first kappa shape index (κ1) is 17.5. The van der Waals surface area contributed by atoms with Gasteiger partial charge in [0.15, 0.2) is 0 Å². The van der Waals surface area contributed by atoms with E-state index in [1.54, 1.807) is 22.3 Å². The molecule has 0 aromatic heterocycles. The number of allylic oxidation sites excluding steroid dienone is 2. The monoisotopic (exact) mass is 378 g/mol. The number of hydrogen-bond donors (Lipinski definition) is 0. The standard InChI is InChI=1S/C27H26Si/c1-19-16-22-12-6-8-14-24(22)26(19)28(18-21-10-4-3-5-11-21)27-20(2)17-23-13-7-9-15-25(23)27/h3-17,26-28H,18H2,1-2H3. The molecule has 28 heavy (non-hydrogen) atoms. The van der Waals surface area contributed by atoms with Crippen LogP contribution in [0.4, 0.5) is 0 Å². The molecule has 2 aliphatic rings. The molecule has 2 unspecified atom stereocenters. The van der Waals surface area contributed by atoms with Gasteiger partial charge >= 0.3 is 0 Å². The van der Waals surface area contributed by atoms with E-state index in [2.05, 4.69) is 105 Å². The highest BCUT2D eigenvalue weighted by Gasteiger charge is 2.39. The van der Waals surface area contributed by atoms with E-state index in [-0.39, 0.29) is 0 Å². The Morgan fingerprint density at radius 2 is 1.07 bits per heavy atom. The highest BCUT2D eigenvalue weighted by molar-refractivity contribution is 6.64. The Kier molecular flexibility index (Phi) is 4.41. The van der Waals surface area contributed by atoms with E-state index in [0.29, 0.717) is 11.1 Å². The number of hydrogen-bond acceptors (Lipinski definition) is 0. The molecule has 3 aromatic rings. The van der Waals surface area contributed by atoms with Crippen LogP contribution in [0.1, 0.15) is 52.7 Å². The summed E-state index contributed by atoms with van der Waals surface area (Å²) < 4.78 is 0. The quantitative estimate of drug-likeness (QED) is 0.456. The van der Waals surface area contributed by atoms with Crippen molar-refractivity contribution in [1.82, 2.24) is 0 Å². The maximum atomic E-state index is 2.44. The fraction of sp³-hybridized carbons (Fsp3) is 0.185. The maximum Gasteiger partial charge on any atom is 0.0671 e. The van der Waals surface area contributed by atoms with Crippen molar-refractivity contribution in [2.24, 2.45) is 0 Å². The zero-order valence-electron chi connectivity index (χ0n) is 16.6. The predicted molar refractivity (Wildman–Crippen MR) is 123 cm³/mol. The average molecular weight is 379 g/mol. The molecule has 0 fully saturated rings. The molecular formula is C27H26Si. The highest BCUT2D eigenvalue weighted by Crippen LogP contribution is 2.47. The fourth-order valence-electron chi connectivity index (χ4n) is 5.46. The van der Waals surface area contributed by atoms with Gasteiger partial charge in [-0.1, -0.05) is 108 Å². The van der Waals surface area contributed by atoms with Crippen LogP contribution in [-0.2, 0) is 6.04 Å². The zero-order valence-corrected chi connectivity index (χ0v) is 17.8. The Morgan fingerprint density at radius 3 is 1.61 bits per heavy atom. The molecule has 0 nitrogen and oxygen atoms in total. The van der Waals surface area contributed by atoms with E-state index >= 15 is 0 Å². The van der Waals surface area contributed by atoms with Gasteiger partial charge in [0.2, 0.25) is 0 Å².